The lowest BCUT2D eigenvalue weighted by atomic mass is 10.2. The Morgan fingerprint density at radius 1 is 0.950 bits per heavy atom. The highest BCUT2D eigenvalue weighted by molar-refractivity contribution is 14.1. The molecule has 208 valence electrons. The van der Waals surface area contributed by atoms with Crippen LogP contribution in [0.1, 0.15) is 12.5 Å². The van der Waals surface area contributed by atoms with E-state index in [0.29, 0.717) is 51.0 Å². The average Bonchev–Trinajstić information content (AvgIpc) is 2.93. The second kappa shape index (κ2) is 15.2. The molecule has 0 aromatic heterocycles. The minimum atomic E-state index is -0.963. The number of ether oxygens (including phenoxy) is 3. The maximum atomic E-state index is 13.1. The van der Waals surface area contributed by atoms with E-state index in [0.717, 1.165) is 0 Å². The van der Waals surface area contributed by atoms with E-state index >= 15 is 0 Å². The van der Waals surface area contributed by atoms with Gasteiger partial charge in [-0.2, -0.15) is 5.10 Å². The summed E-state index contributed by atoms with van der Waals surface area (Å²) in [5.41, 5.74) is 3.57. The van der Waals surface area contributed by atoms with Crippen molar-refractivity contribution in [1.29, 1.82) is 0 Å². The van der Waals surface area contributed by atoms with Crippen molar-refractivity contribution in [3.63, 3.8) is 0 Å². The van der Waals surface area contributed by atoms with Gasteiger partial charge >= 0.3 is 11.8 Å². The monoisotopic (exact) mass is 660 g/mol. The Labute approximate surface area is 243 Å². The molecule has 3 aromatic carbocycles. The molecule has 0 atom stereocenters. The summed E-state index contributed by atoms with van der Waals surface area (Å²) in [5.74, 6) is -1.41. The molecule has 40 heavy (non-hydrogen) atoms. The zero-order valence-electron chi connectivity index (χ0n) is 21.4. The van der Waals surface area contributed by atoms with Gasteiger partial charge in [-0.1, -0.05) is 12.7 Å². The number of hydrogen-bond acceptors (Lipinski definition) is 7. The van der Waals surface area contributed by atoms with Crippen LogP contribution < -0.4 is 30.3 Å². The van der Waals surface area contributed by atoms with Crippen LogP contribution in [0.3, 0.4) is 0 Å². The molecule has 0 aliphatic rings. The summed E-state index contributed by atoms with van der Waals surface area (Å²) in [7, 11) is 0. The first-order chi connectivity index (χ1) is 19.3. The Morgan fingerprint density at radius 2 is 1.62 bits per heavy atom. The number of carbonyl (C=O) groups excluding carboxylic acids is 3. The molecule has 0 heterocycles. The SMILES string of the molecule is C=CCOc1ccc(NC(=O)C(=O)N/N=C\c2cc(I)c(OCC(=O)Nc3ccc(F)cc3)c(OCC)c2)cc1. The summed E-state index contributed by atoms with van der Waals surface area (Å²) in [6, 6.07) is 15.2. The molecule has 0 spiro atoms. The number of benzene rings is 3. The van der Waals surface area contributed by atoms with Gasteiger partial charge in [0.25, 0.3) is 5.91 Å². The molecule has 0 aliphatic heterocycles. The number of nitrogens with one attached hydrogen (secondary N) is 3. The maximum Gasteiger partial charge on any atom is 0.329 e. The highest BCUT2D eigenvalue weighted by atomic mass is 127. The average molecular weight is 660 g/mol. The summed E-state index contributed by atoms with van der Waals surface area (Å²) in [4.78, 5) is 36.6. The van der Waals surface area contributed by atoms with E-state index in [1.165, 1.54) is 30.5 Å². The quantitative estimate of drug-likeness (QED) is 0.0864. The van der Waals surface area contributed by atoms with Crippen LogP contribution >= 0.6 is 22.6 Å². The van der Waals surface area contributed by atoms with Crippen LogP contribution in [0.2, 0.25) is 0 Å². The van der Waals surface area contributed by atoms with Gasteiger partial charge in [0.2, 0.25) is 0 Å². The lowest BCUT2D eigenvalue weighted by Gasteiger charge is -2.14. The molecule has 3 amide bonds. The van der Waals surface area contributed by atoms with Crippen LogP contribution in [-0.2, 0) is 14.4 Å². The molecule has 0 saturated heterocycles. The van der Waals surface area contributed by atoms with E-state index in [4.69, 9.17) is 14.2 Å². The highest BCUT2D eigenvalue weighted by Gasteiger charge is 2.15. The number of rotatable bonds is 12. The van der Waals surface area contributed by atoms with Crippen molar-refractivity contribution in [1.82, 2.24) is 5.43 Å². The zero-order valence-corrected chi connectivity index (χ0v) is 23.6. The van der Waals surface area contributed by atoms with Crippen LogP contribution in [0.5, 0.6) is 17.2 Å². The van der Waals surface area contributed by atoms with Gasteiger partial charge in [0.05, 0.1) is 16.4 Å². The predicted molar refractivity (Wildman–Crippen MR) is 157 cm³/mol. The van der Waals surface area contributed by atoms with Gasteiger partial charge in [0.1, 0.15) is 18.2 Å². The number of halogens is 2. The Balaban J connectivity index is 1.57. The Kier molecular flexibility index (Phi) is 11.4. The van der Waals surface area contributed by atoms with Crippen LogP contribution in [0.25, 0.3) is 0 Å². The van der Waals surface area contributed by atoms with Crippen molar-refractivity contribution in [3.8, 4) is 17.2 Å². The molecule has 3 N–H and O–H groups in total. The second-order valence-corrected chi connectivity index (χ2v) is 9.05. The van der Waals surface area contributed by atoms with Gasteiger partial charge in [0, 0.05) is 11.4 Å². The van der Waals surface area contributed by atoms with Crippen molar-refractivity contribution >= 4 is 57.9 Å². The number of carbonyl (C=O) groups is 3. The van der Waals surface area contributed by atoms with Gasteiger partial charge < -0.3 is 24.8 Å². The fraction of sp³-hybridized carbons (Fsp3) is 0.143. The largest absolute Gasteiger partial charge is 0.490 e. The summed E-state index contributed by atoms with van der Waals surface area (Å²) >= 11 is 2.02. The first kappa shape index (κ1) is 30.1. The van der Waals surface area contributed by atoms with Gasteiger partial charge in [0.15, 0.2) is 18.1 Å². The van der Waals surface area contributed by atoms with Gasteiger partial charge in [-0.3, -0.25) is 14.4 Å². The predicted octanol–water partition coefficient (Wildman–Crippen LogP) is 4.50. The zero-order chi connectivity index (χ0) is 28.9. The van der Waals surface area contributed by atoms with Crippen LogP contribution in [0.4, 0.5) is 15.8 Å². The van der Waals surface area contributed by atoms with Crippen molar-refractivity contribution in [2.24, 2.45) is 5.10 Å². The standard InChI is InChI=1S/C28H26FIN4O6/c1-3-13-39-22-11-9-21(10-12-22)33-27(36)28(37)34-31-16-18-14-23(30)26(24(15-18)38-4-2)40-17-25(35)32-20-7-5-19(29)6-8-20/h3,5-12,14-16H,1,4,13,17H2,2H3,(H,32,35)(H,33,36)(H,34,37)/b31-16-. The van der Waals surface area contributed by atoms with Crippen molar-refractivity contribution in [3.05, 3.63) is 88.3 Å². The maximum absolute atomic E-state index is 13.1. The number of anilines is 2. The molecule has 0 radical (unpaired) electrons. The van der Waals surface area contributed by atoms with Crippen molar-refractivity contribution in [2.45, 2.75) is 6.92 Å². The molecule has 0 bridgehead atoms. The van der Waals surface area contributed by atoms with Gasteiger partial charge in [-0.15, -0.1) is 0 Å². The molecule has 10 nitrogen and oxygen atoms in total. The third kappa shape index (κ3) is 9.38. The summed E-state index contributed by atoms with van der Waals surface area (Å²) in [6.45, 7) is 5.73. The minimum Gasteiger partial charge on any atom is -0.490 e. The third-order valence-corrected chi connectivity index (χ3v) is 5.67. The molecule has 3 aromatic rings. The fourth-order valence-corrected chi connectivity index (χ4v) is 3.91. The number of hydrazone groups is 1. The topological polar surface area (TPSA) is 127 Å². The van der Waals surface area contributed by atoms with Crippen LogP contribution in [0.15, 0.2) is 78.4 Å². The van der Waals surface area contributed by atoms with Gasteiger partial charge in [-0.25, -0.2) is 9.82 Å². The van der Waals surface area contributed by atoms with E-state index in [-0.39, 0.29) is 6.61 Å². The summed E-state index contributed by atoms with van der Waals surface area (Å²) in [6.07, 6.45) is 2.95. The summed E-state index contributed by atoms with van der Waals surface area (Å²) < 4.78 is 30.4. The molecule has 12 heteroatoms. The van der Waals surface area contributed by atoms with E-state index in [2.05, 4.69) is 27.7 Å². The minimum absolute atomic E-state index is 0.309. The van der Waals surface area contributed by atoms with Gasteiger partial charge in [-0.05, 0) is 95.7 Å². The Hall–Kier alpha value is -4.46. The van der Waals surface area contributed by atoms with Crippen LogP contribution in [-0.4, -0.2) is 43.8 Å². The van der Waals surface area contributed by atoms with Crippen LogP contribution in [0, 0.1) is 9.39 Å². The number of nitrogens with zero attached hydrogens (tertiary/aromatic N) is 1. The number of amides is 3. The highest BCUT2D eigenvalue weighted by Crippen LogP contribution is 2.34. The van der Waals surface area contributed by atoms with E-state index < -0.39 is 23.5 Å². The Bertz CT molecular complexity index is 1380. The molecular weight excluding hydrogens is 634 g/mol. The van der Waals surface area contributed by atoms with E-state index in [9.17, 15) is 18.8 Å². The lowest BCUT2D eigenvalue weighted by Crippen LogP contribution is -2.32. The second-order valence-electron chi connectivity index (χ2n) is 7.88. The first-order valence-electron chi connectivity index (χ1n) is 11.9. The molecule has 0 saturated carbocycles. The van der Waals surface area contributed by atoms with E-state index in [1.54, 1.807) is 49.4 Å². The third-order valence-electron chi connectivity index (χ3n) is 4.87. The Morgan fingerprint density at radius 3 is 2.30 bits per heavy atom. The van der Waals surface area contributed by atoms with Crippen molar-refractivity contribution in [2.75, 3.05) is 30.5 Å². The summed E-state index contributed by atoms with van der Waals surface area (Å²) in [5, 5.41) is 8.93. The smallest absolute Gasteiger partial charge is 0.329 e. The molecule has 0 fully saturated rings. The molecule has 0 unspecified atom stereocenters. The lowest BCUT2D eigenvalue weighted by molar-refractivity contribution is -0.136. The first-order valence-corrected chi connectivity index (χ1v) is 13.0. The molecular formula is C28H26FIN4O6. The van der Waals surface area contributed by atoms with Crippen molar-refractivity contribution < 1.29 is 33.0 Å². The van der Waals surface area contributed by atoms with E-state index in [1.807, 2.05) is 22.6 Å². The fourth-order valence-electron chi connectivity index (χ4n) is 3.13. The molecule has 3 rings (SSSR count). The number of hydrogen-bond donors (Lipinski definition) is 3. The molecule has 0 aliphatic carbocycles. The normalized spacial score (nSPS) is 10.5.